The first-order valence-corrected chi connectivity index (χ1v) is 6.80. The lowest BCUT2D eigenvalue weighted by Gasteiger charge is -2.06. The summed E-state index contributed by atoms with van der Waals surface area (Å²) in [6.07, 6.45) is 0. The first-order valence-electron chi connectivity index (χ1n) is 4.46. The molecule has 1 rings (SSSR count). The van der Waals surface area contributed by atoms with Crippen molar-refractivity contribution in [1.29, 1.82) is 0 Å². The number of primary sulfonamides is 1. The number of benzene rings is 1. The highest BCUT2D eigenvalue weighted by Crippen LogP contribution is 2.21. The van der Waals surface area contributed by atoms with Gasteiger partial charge in [0.05, 0.1) is 4.90 Å². The average Bonchev–Trinajstić information content (AvgIpc) is 2.16. The van der Waals surface area contributed by atoms with E-state index in [9.17, 15) is 13.2 Å². The second-order valence-corrected chi connectivity index (χ2v) is 5.43. The molecule has 0 radical (unpaired) electrons. The molecule has 0 aliphatic heterocycles. The Morgan fingerprint density at radius 2 is 2.12 bits per heavy atom. The van der Waals surface area contributed by atoms with Crippen LogP contribution in [0.5, 0.6) is 0 Å². The Hall–Kier alpha value is -0.920. The third-order valence-corrected chi connectivity index (χ3v) is 3.74. The first-order chi connectivity index (χ1) is 7.36. The van der Waals surface area contributed by atoms with Gasteiger partial charge >= 0.3 is 0 Å². The van der Waals surface area contributed by atoms with Crippen LogP contribution in [-0.4, -0.2) is 20.9 Å². The molecule has 0 heterocycles. The molecule has 0 aliphatic carbocycles. The molecule has 0 bridgehead atoms. The Balaban J connectivity index is 3.23. The number of carbonyl (C=O) groups excluding carboxylic acids is 1. The van der Waals surface area contributed by atoms with E-state index in [0.717, 1.165) is 0 Å². The largest absolute Gasteiger partial charge is 0.352 e. The molecule has 0 fully saturated rings. The van der Waals surface area contributed by atoms with Crippen LogP contribution < -0.4 is 10.5 Å². The van der Waals surface area contributed by atoms with Gasteiger partial charge in [0.1, 0.15) is 0 Å². The van der Waals surface area contributed by atoms with E-state index in [1.165, 1.54) is 18.2 Å². The van der Waals surface area contributed by atoms with E-state index in [1.807, 2.05) is 0 Å². The fourth-order valence-corrected chi connectivity index (χ4v) is 2.68. The number of hydrogen-bond acceptors (Lipinski definition) is 3. The number of halogens is 1. The molecule has 0 spiro atoms. The fourth-order valence-electron chi connectivity index (χ4n) is 1.13. The maximum Gasteiger partial charge on any atom is 0.251 e. The van der Waals surface area contributed by atoms with Gasteiger partial charge in [-0.15, -0.1) is 0 Å². The van der Waals surface area contributed by atoms with Gasteiger partial charge in [0.15, 0.2) is 0 Å². The van der Waals surface area contributed by atoms with Gasteiger partial charge in [-0.2, -0.15) is 0 Å². The van der Waals surface area contributed by atoms with Crippen LogP contribution in [0, 0.1) is 0 Å². The van der Waals surface area contributed by atoms with Crippen molar-refractivity contribution in [2.75, 3.05) is 6.54 Å². The summed E-state index contributed by atoms with van der Waals surface area (Å²) in [5.41, 5.74) is 0.258. The Morgan fingerprint density at radius 1 is 1.50 bits per heavy atom. The van der Waals surface area contributed by atoms with Gasteiger partial charge in [-0.1, -0.05) is 0 Å². The van der Waals surface area contributed by atoms with Crippen LogP contribution >= 0.6 is 15.9 Å². The zero-order chi connectivity index (χ0) is 12.3. The van der Waals surface area contributed by atoms with Crippen molar-refractivity contribution in [3.63, 3.8) is 0 Å². The molecular formula is C9H11BrN2O3S. The summed E-state index contributed by atoms with van der Waals surface area (Å²) in [5, 5.41) is 7.58. The Morgan fingerprint density at radius 3 is 2.62 bits per heavy atom. The van der Waals surface area contributed by atoms with Gasteiger partial charge in [-0.05, 0) is 41.1 Å². The van der Waals surface area contributed by atoms with Gasteiger partial charge < -0.3 is 5.32 Å². The zero-order valence-corrected chi connectivity index (χ0v) is 10.9. The highest BCUT2D eigenvalue weighted by molar-refractivity contribution is 9.10. The molecule has 1 aromatic rings. The van der Waals surface area contributed by atoms with Crippen molar-refractivity contribution >= 4 is 31.9 Å². The van der Waals surface area contributed by atoms with Crippen LogP contribution in [0.2, 0.25) is 0 Å². The molecule has 7 heteroatoms. The molecule has 3 N–H and O–H groups in total. The van der Waals surface area contributed by atoms with Gasteiger partial charge in [-0.3, -0.25) is 4.79 Å². The topological polar surface area (TPSA) is 89.3 Å². The third-order valence-electron chi connectivity index (χ3n) is 1.84. The van der Waals surface area contributed by atoms with Gasteiger partial charge in [0, 0.05) is 16.6 Å². The monoisotopic (exact) mass is 306 g/mol. The maximum atomic E-state index is 11.5. The van der Waals surface area contributed by atoms with Crippen molar-refractivity contribution in [3.8, 4) is 0 Å². The second-order valence-electron chi connectivity index (χ2n) is 3.05. The molecule has 1 aromatic carbocycles. The summed E-state index contributed by atoms with van der Waals surface area (Å²) in [7, 11) is -3.83. The predicted octanol–water partition coefficient (Wildman–Crippen LogP) is 0.846. The summed E-state index contributed by atoms with van der Waals surface area (Å²) in [5.74, 6) is -0.333. The van der Waals surface area contributed by atoms with Crippen molar-refractivity contribution in [2.24, 2.45) is 5.14 Å². The Labute approximate surface area is 102 Å². The number of nitrogens with one attached hydrogen (secondary N) is 1. The minimum absolute atomic E-state index is 0.101. The Bertz CT molecular complexity index is 513. The molecule has 5 nitrogen and oxygen atoms in total. The van der Waals surface area contributed by atoms with E-state index >= 15 is 0 Å². The van der Waals surface area contributed by atoms with Crippen LogP contribution in [0.25, 0.3) is 0 Å². The van der Waals surface area contributed by atoms with E-state index < -0.39 is 10.0 Å². The van der Waals surface area contributed by atoms with Crippen molar-refractivity contribution in [1.82, 2.24) is 5.32 Å². The minimum Gasteiger partial charge on any atom is -0.352 e. The third kappa shape index (κ3) is 3.03. The SMILES string of the molecule is CCNC(=O)c1ccc(Br)c(S(N)(=O)=O)c1. The second kappa shape index (κ2) is 4.94. The minimum atomic E-state index is -3.83. The standard InChI is InChI=1S/C9H11BrN2O3S/c1-2-12-9(13)6-3-4-7(10)8(5-6)16(11,14)15/h3-5H,2H2,1H3,(H,12,13)(H2,11,14,15). The molecule has 0 atom stereocenters. The van der Waals surface area contributed by atoms with E-state index in [-0.39, 0.29) is 16.4 Å². The van der Waals surface area contributed by atoms with E-state index in [2.05, 4.69) is 21.2 Å². The molecule has 88 valence electrons. The van der Waals surface area contributed by atoms with E-state index in [4.69, 9.17) is 5.14 Å². The number of nitrogens with two attached hydrogens (primary N) is 1. The zero-order valence-electron chi connectivity index (χ0n) is 8.53. The van der Waals surface area contributed by atoms with Crippen LogP contribution in [0.15, 0.2) is 27.6 Å². The van der Waals surface area contributed by atoms with Crippen LogP contribution in [0.1, 0.15) is 17.3 Å². The molecule has 0 saturated carbocycles. The maximum absolute atomic E-state index is 11.5. The number of amides is 1. The number of sulfonamides is 1. The molecule has 0 unspecified atom stereocenters. The summed E-state index contributed by atoms with van der Waals surface area (Å²) in [6, 6.07) is 4.23. The molecule has 0 aromatic heterocycles. The lowest BCUT2D eigenvalue weighted by molar-refractivity contribution is 0.0955. The first kappa shape index (κ1) is 13.1. The van der Waals surface area contributed by atoms with Crippen molar-refractivity contribution in [2.45, 2.75) is 11.8 Å². The van der Waals surface area contributed by atoms with Gasteiger partial charge in [-0.25, -0.2) is 13.6 Å². The molecule has 0 saturated heterocycles. The summed E-state index contributed by atoms with van der Waals surface area (Å²) < 4.78 is 22.7. The lowest BCUT2D eigenvalue weighted by Crippen LogP contribution is -2.23. The summed E-state index contributed by atoms with van der Waals surface area (Å²) in [4.78, 5) is 11.4. The smallest absolute Gasteiger partial charge is 0.251 e. The fraction of sp³-hybridized carbons (Fsp3) is 0.222. The van der Waals surface area contributed by atoms with Gasteiger partial charge in [0.2, 0.25) is 10.0 Å². The Kier molecular flexibility index (Phi) is 4.06. The predicted molar refractivity (Wildman–Crippen MR) is 63.5 cm³/mol. The quantitative estimate of drug-likeness (QED) is 0.867. The van der Waals surface area contributed by atoms with Gasteiger partial charge in [0.25, 0.3) is 5.91 Å². The highest BCUT2D eigenvalue weighted by Gasteiger charge is 2.15. The van der Waals surface area contributed by atoms with Crippen LogP contribution in [-0.2, 0) is 10.0 Å². The molecule has 0 aliphatic rings. The number of hydrogen-bond donors (Lipinski definition) is 2. The normalized spacial score (nSPS) is 11.2. The van der Waals surface area contributed by atoms with Crippen LogP contribution in [0.3, 0.4) is 0 Å². The van der Waals surface area contributed by atoms with E-state index in [0.29, 0.717) is 11.0 Å². The molecular weight excluding hydrogens is 296 g/mol. The molecule has 1 amide bonds. The molecule has 16 heavy (non-hydrogen) atoms. The van der Waals surface area contributed by atoms with Crippen molar-refractivity contribution < 1.29 is 13.2 Å². The van der Waals surface area contributed by atoms with Crippen LogP contribution in [0.4, 0.5) is 0 Å². The van der Waals surface area contributed by atoms with E-state index in [1.54, 1.807) is 6.92 Å². The number of rotatable bonds is 3. The van der Waals surface area contributed by atoms with Crippen molar-refractivity contribution in [3.05, 3.63) is 28.2 Å². The summed E-state index contributed by atoms with van der Waals surface area (Å²) >= 11 is 3.06. The highest BCUT2D eigenvalue weighted by atomic mass is 79.9. The average molecular weight is 307 g/mol. The lowest BCUT2D eigenvalue weighted by atomic mass is 10.2. The number of carbonyl (C=O) groups is 1. The summed E-state index contributed by atoms with van der Waals surface area (Å²) in [6.45, 7) is 2.25.